The van der Waals surface area contributed by atoms with Gasteiger partial charge in [-0.2, -0.15) is 0 Å². The third kappa shape index (κ3) is 4.82. The van der Waals surface area contributed by atoms with Gasteiger partial charge in [-0.1, -0.05) is 43.9 Å². The molecule has 4 bridgehead atoms. The summed E-state index contributed by atoms with van der Waals surface area (Å²) in [6, 6.07) is 10.3. The Bertz CT molecular complexity index is 883. The van der Waals surface area contributed by atoms with Crippen LogP contribution in [0.1, 0.15) is 90.0 Å². The molecule has 4 nitrogen and oxygen atoms in total. The van der Waals surface area contributed by atoms with Gasteiger partial charge in [0.2, 0.25) is 5.91 Å². The maximum absolute atomic E-state index is 13.0. The van der Waals surface area contributed by atoms with Crippen LogP contribution in [0.5, 0.6) is 0 Å². The molecule has 6 atom stereocenters. The Hall–Kier alpha value is -1.94. The van der Waals surface area contributed by atoms with Crippen LogP contribution in [0.2, 0.25) is 0 Å². The third-order valence-corrected chi connectivity index (χ3v) is 8.93. The SMILES string of the molecule is CC(=O)/C=C/c1ccccc1N(C(C)=O)C1C[C@H]2CCC[C@@H](C1)N2C1C[C@H]2CCC[C@@H](C1)C2. The Morgan fingerprint density at radius 3 is 2.12 bits per heavy atom. The smallest absolute Gasteiger partial charge is 0.224 e. The van der Waals surface area contributed by atoms with Crippen LogP contribution in [-0.2, 0) is 9.59 Å². The average Bonchev–Trinajstić information content (AvgIpc) is 2.77. The number of hydrogen-bond donors (Lipinski definition) is 0. The first-order valence-electron chi connectivity index (χ1n) is 13.3. The highest BCUT2D eigenvalue weighted by Gasteiger charge is 2.46. The molecule has 4 heteroatoms. The lowest BCUT2D eigenvalue weighted by Gasteiger charge is -2.56. The number of ketones is 1. The van der Waals surface area contributed by atoms with Gasteiger partial charge in [0.05, 0.1) is 5.69 Å². The van der Waals surface area contributed by atoms with E-state index in [1.165, 1.54) is 57.8 Å². The van der Waals surface area contributed by atoms with E-state index < -0.39 is 0 Å². The molecule has 0 N–H and O–H groups in total. The van der Waals surface area contributed by atoms with Crippen molar-refractivity contribution in [3.8, 4) is 0 Å². The van der Waals surface area contributed by atoms with Crippen LogP contribution < -0.4 is 4.90 Å². The molecule has 2 heterocycles. The standard InChI is InChI=1S/C29H40N2O2/c1-20(32)13-14-24-9-3-4-12-29(24)30(21(2)33)28-18-25-10-6-11-26(19-28)31(25)27-16-22-7-5-8-23(15-22)17-27/h3-4,9,12-14,22-23,25-28H,5-8,10-11,15-19H2,1-2H3/b14-13+/t22-,23+,25-,26+,27?,28?. The summed E-state index contributed by atoms with van der Waals surface area (Å²) >= 11 is 0. The van der Waals surface area contributed by atoms with E-state index >= 15 is 0 Å². The van der Waals surface area contributed by atoms with Gasteiger partial charge in [0.25, 0.3) is 0 Å². The number of fused-ring (bicyclic) bond motifs is 4. The van der Waals surface area contributed by atoms with Crippen molar-refractivity contribution < 1.29 is 9.59 Å². The van der Waals surface area contributed by atoms with Gasteiger partial charge in [-0.15, -0.1) is 0 Å². The van der Waals surface area contributed by atoms with Gasteiger partial charge in [-0.05, 0) is 87.5 Å². The minimum atomic E-state index is 0.0271. The van der Waals surface area contributed by atoms with Crippen molar-refractivity contribution in [2.75, 3.05) is 4.90 Å². The molecule has 5 rings (SSSR count). The Balaban J connectivity index is 1.39. The molecule has 4 fully saturated rings. The number of nitrogens with zero attached hydrogens (tertiary/aromatic N) is 2. The van der Waals surface area contributed by atoms with Crippen molar-refractivity contribution in [1.29, 1.82) is 0 Å². The lowest BCUT2D eigenvalue weighted by Crippen LogP contribution is -2.61. The monoisotopic (exact) mass is 448 g/mol. The zero-order chi connectivity index (χ0) is 22.9. The van der Waals surface area contributed by atoms with Crippen molar-refractivity contribution in [3.63, 3.8) is 0 Å². The maximum atomic E-state index is 13.0. The number of anilines is 1. The van der Waals surface area contributed by atoms with Crippen LogP contribution in [0.3, 0.4) is 0 Å². The van der Waals surface area contributed by atoms with Crippen LogP contribution >= 0.6 is 0 Å². The predicted octanol–water partition coefficient (Wildman–Crippen LogP) is 6.00. The molecular formula is C29H40N2O2. The maximum Gasteiger partial charge on any atom is 0.224 e. The Labute approximate surface area is 199 Å². The molecule has 33 heavy (non-hydrogen) atoms. The van der Waals surface area contributed by atoms with E-state index in [2.05, 4.69) is 9.80 Å². The van der Waals surface area contributed by atoms with E-state index in [0.29, 0.717) is 12.1 Å². The van der Waals surface area contributed by atoms with Crippen LogP contribution in [0.25, 0.3) is 6.08 Å². The van der Waals surface area contributed by atoms with Crippen LogP contribution in [0.4, 0.5) is 5.69 Å². The topological polar surface area (TPSA) is 40.6 Å². The summed E-state index contributed by atoms with van der Waals surface area (Å²) in [6.45, 7) is 3.27. The summed E-state index contributed by atoms with van der Waals surface area (Å²) < 4.78 is 0. The molecule has 2 aliphatic carbocycles. The van der Waals surface area contributed by atoms with Crippen LogP contribution in [-0.4, -0.2) is 40.8 Å². The molecule has 2 saturated carbocycles. The minimum absolute atomic E-state index is 0.0271. The summed E-state index contributed by atoms with van der Waals surface area (Å²) in [5.41, 5.74) is 1.90. The van der Waals surface area contributed by atoms with Gasteiger partial charge in [0, 0.05) is 31.1 Å². The fraction of sp³-hybridized carbons (Fsp3) is 0.655. The van der Waals surface area contributed by atoms with Crippen molar-refractivity contribution in [3.05, 3.63) is 35.9 Å². The van der Waals surface area contributed by atoms with Gasteiger partial charge in [-0.3, -0.25) is 14.5 Å². The molecule has 2 aliphatic heterocycles. The molecule has 0 radical (unpaired) electrons. The van der Waals surface area contributed by atoms with E-state index in [4.69, 9.17) is 0 Å². The molecule has 2 saturated heterocycles. The lowest BCUT2D eigenvalue weighted by molar-refractivity contribution is -0.118. The molecule has 1 aromatic carbocycles. The molecule has 0 spiro atoms. The van der Waals surface area contributed by atoms with Gasteiger partial charge >= 0.3 is 0 Å². The molecule has 2 unspecified atom stereocenters. The number of benzene rings is 1. The second kappa shape index (κ2) is 9.74. The second-order valence-electron chi connectivity index (χ2n) is 11.2. The largest absolute Gasteiger partial charge is 0.309 e. The quantitative estimate of drug-likeness (QED) is 0.519. The summed E-state index contributed by atoms with van der Waals surface area (Å²) in [5.74, 6) is 2.05. The Morgan fingerprint density at radius 1 is 0.848 bits per heavy atom. The van der Waals surface area contributed by atoms with E-state index in [1.807, 2.05) is 30.3 Å². The third-order valence-electron chi connectivity index (χ3n) is 8.93. The van der Waals surface area contributed by atoms with E-state index in [0.717, 1.165) is 42.0 Å². The number of carbonyl (C=O) groups excluding carboxylic acids is 2. The normalized spacial score (nSPS) is 34.2. The van der Waals surface area contributed by atoms with Gasteiger partial charge in [-0.25, -0.2) is 0 Å². The van der Waals surface area contributed by atoms with E-state index in [1.54, 1.807) is 19.9 Å². The Kier molecular flexibility index (Phi) is 6.74. The zero-order valence-corrected chi connectivity index (χ0v) is 20.4. The van der Waals surface area contributed by atoms with Crippen molar-refractivity contribution >= 4 is 23.5 Å². The molecule has 1 amide bonds. The fourth-order valence-corrected chi connectivity index (χ4v) is 7.81. The minimum Gasteiger partial charge on any atom is -0.309 e. The number of amides is 1. The van der Waals surface area contributed by atoms with Crippen molar-refractivity contribution in [2.24, 2.45) is 11.8 Å². The highest BCUT2D eigenvalue weighted by Crippen LogP contribution is 2.46. The highest BCUT2D eigenvalue weighted by atomic mass is 16.2. The predicted molar refractivity (Wildman–Crippen MR) is 134 cm³/mol. The summed E-state index contributed by atoms with van der Waals surface area (Å²) in [6.07, 6.45) is 18.1. The number of para-hydroxylation sites is 1. The molecular weight excluding hydrogens is 408 g/mol. The molecule has 0 aromatic heterocycles. The summed E-state index contributed by atoms with van der Waals surface area (Å²) in [4.78, 5) is 29.5. The van der Waals surface area contributed by atoms with Crippen molar-refractivity contribution in [1.82, 2.24) is 4.90 Å². The van der Waals surface area contributed by atoms with Crippen LogP contribution in [0, 0.1) is 11.8 Å². The first kappa shape index (κ1) is 22.8. The highest BCUT2D eigenvalue weighted by molar-refractivity contribution is 5.97. The number of carbonyl (C=O) groups is 2. The average molecular weight is 449 g/mol. The number of piperidine rings is 2. The van der Waals surface area contributed by atoms with Gasteiger partial charge < -0.3 is 4.90 Å². The summed E-state index contributed by atoms with van der Waals surface area (Å²) in [5, 5.41) is 0. The first-order chi connectivity index (χ1) is 16.0. The summed E-state index contributed by atoms with van der Waals surface area (Å²) in [7, 11) is 0. The van der Waals surface area contributed by atoms with Gasteiger partial charge in [0.1, 0.15) is 0 Å². The van der Waals surface area contributed by atoms with Crippen LogP contribution in [0.15, 0.2) is 30.3 Å². The molecule has 4 aliphatic rings. The lowest BCUT2D eigenvalue weighted by atomic mass is 9.68. The second-order valence-corrected chi connectivity index (χ2v) is 11.2. The zero-order valence-electron chi connectivity index (χ0n) is 20.4. The molecule has 1 aromatic rings. The van der Waals surface area contributed by atoms with Gasteiger partial charge in [0.15, 0.2) is 5.78 Å². The van der Waals surface area contributed by atoms with E-state index in [-0.39, 0.29) is 17.7 Å². The number of hydrogen-bond acceptors (Lipinski definition) is 3. The first-order valence-corrected chi connectivity index (χ1v) is 13.3. The number of allylic oxidation sites excluding steroid dienone is 1. The van der Waals surface area contributed by atoms with Crippen molar-refractivity contribution in [2.45, 2.75) is 109 Å². The molecule has 178 valence electrons. The Morgan fingerprint density at radius 2 is 1.48 bits per heavy atom. The fourth-order valence-electron chi connectivity index (χ4n) is 7.81. The van der Waals surface area contributed by atoms with E-state index in [9.17, 15) is 9.59 Å². The number of rotatable bonds is 5.